The van der Waals surface area contributed by atoms with E-state index in [0.29, 0.717) is 0 Å². The monoisotopic (exact) mass is 392 g/mol. The van der Waals surface area contributed by atoms with Crippen molar-refractivity contribution in [1.29, 1.82) is 0 Å². The average Bonchev–Trinajstić information content (AvgIpc) is 2.56. The Hall–Kier alpha value is -1.72. The van der Waals surface area contributed by atoms with Crippen molar-refractivity contribution >= 4 is 27.8 Å². The zero-order chi connectivity index (χ0) is 20.2. The van der Waals surface area contributed by atoms with Crippen LogP contribution in [0.3, 0.4) is 0 Å². The number of aliphatic carboxylic acids is 1. The van der Waals surface area contributed by atoms with Gasteiger partial charge < -0.3 is 20.6 Å². The van der Waals surface area contributed by atoms with Crippen LogP contribution in [-0.4, -0.2) is 91.6 Å². The minimum absolute atomic E-state index is 0.0139. The standard InChI is InChI=1S/C15H28N4O6S/c1-9(2)12(17-13(20)10(3)16-4)14(21)19-7-6-18(26(5,24)25)8-11(19)15(22)23/h9-12,16H,6-8H2,1-5H3,(H,17,20)(H,22,23)/t10-,11-,12-/m0/s1. The fourth-order valence-corrected chi connectivity index (χ4v) is 3.46. The minimum Gasteiger partial charge on any atom is -0.480 e. The maximum Gasteiger partial charge on any atom is 0.327 e. The van der Waals surface area contributed by atoms with Crippen molar-refractivity contribution in [2.24, 2.45) is 5.92 Å². The number of nitrogens with zero attached hydrogens (tertiary/aromatic N) is 2. The lowest BCUT2D eigenvalue weighted by molar-refractivity contribution is -0.154. The van der Waals surface area contributed by atoms with Gasteiger partial charge in [0.1, 0.15) is 12.1 Å². The highest BCUT2D eigenvalue weighted by molar-refractivity contribution is 7.88. The van der Waals surface area contributed by atoms with Crippen LogP contribution in [0.15, 0.2) is 0 Å². The minimum atomic E-state index is -3.56. The van der Waals surface area contributed by atoms with Gasteiger partial charge in [0.2, 0.25) is 21.8 Å². The van der Waals surface area contributed by atoms with Crippen LogP contribution in [0, 0.1) is 5.92 Å². The van der Waals surface area contributed by atoms with Crippen LogP contribution in [0.5, 0.6) is 0 Å². The third-order valence-electron chi connectivity index (χ3n) is 4.44. The molecule has 0 aliphatic carbocycles. The van der Waals surface area contributed by atoms with Gasteiger partial charge in [-0.05, 0) is 19.9 Å². The van der Waals surface area contributed by atoms with Gasteiger partial charge in [0.25, 0.3) is 0 Å². The molecule has 1 fully saturated rings. The number of carboxylic acid groups (broad SMARTS) is 1. The average molecular weight is 392 g/mol. The summed E-state index contributed by atoms with van der Waals surface area (Å²) < 4.78 is 24.4. The number of hydrogen-bond acceptors (Lipinski definition) is 6. The van der Waals surface area contributed by atoms with Crippen LogP contribution in [-0.2, 0) is 24.4 Å². The molecule has 3 atom stereocenters. The van der Waals surface area contributed by atoms with Gasteiger partial charge in [-0.3, -0.25) is 9.59 Å². The molecule has 0 aromatic heterocycles. The molecule has 1 heterocycles. The van der Waals surface area contributed by atoms with E-state index in [9.17, 15) is 27.9 Å². The van der Waals surface area contributed by atoms with Crippen LogP contribution >= 0.6 is 0 Å². The van der Waals surface area contributed by atoms with Gasteiger partial charge >= 0.3 is 5.97 Å². The van der Waals surface area contributed by atoms with Crippen LogP contribution < -0.4 is 10.6 Å². The van der Waals surface area contributed by atoms with Crippen LogP contribution in [0.4, 0.5) is 0 Å². The molecule has 0 unspecified atom stereocenters. The number of sulfonamides is 1. The number of hydrogen-bond donors (Lipinski definition) is 3. The normalized spacial score (nSPS) is 21.3. The van der Waals surface area contributed by atoms with Crippen molar-refractivity contribution in [2.75, 3.05) is 32.9 Å². The molecule has 1 saturated heterocycles. The summed E-state index contributed by atoms with van der Waals surface area (Å²) in [5.74, 6) is -2.46. The lowest BCUT2D eigenvalue weighted by Gasteiger charge is -2.40. The third kappa shape index (κ3) is 5.39. The summed E-state index contributed by atoms with van der Waals surface area (Å²) in [5, 5.41) is 14.9. The van der Waals surface area contributed by atoms with E-state index in [-0.39, 0.29) is 31.5 Å². The lowest BCUT2D eigenvalue weighted by atomic mass is 10.0. The number of carbonyl (C=O) groups excluding carboxylic acids is 2. The molecule has 0 radical (unpaired) electrons. The summed E-state index contributed by atoms with van der Waals surface area (Å²) >= 11 is 0. The quantitative estimate of drug-likeness (QED) is 0.469. The van der Waals surface area contributed by atoms with Crippen molar-refractivity contribution in [3.63, 3.8) is 0 Å². The van der Waals surface area contributed by atoms with E-state index in [0.717, 1.165) is 15.5 Å². The largest absolute Gasteiger partial charge is 0.480 e. The van der Waals surface area contributed by atoms with Gasteiger partial charge in [-0.25, -0.2) is 13.2 Å². The number of rotatable bonds is 7. The van der Waals surface area contributed by atoms with Gasteiger partial charge in [0, 0.05) is 19.6 Å². The molecule has 150 valence electrons. The van der Waals surface area contributed by atoms with Gasteiger partial charge in [0.15, 0.2) is 0 Å². The van der Waals surface area contributed by atoms with Gasteiger partial charge in [0.05, 0.1) is 12.3 Å². The molecule has 0 aromatic rings. The summed E-state index contributed by atoms with van der Waals surface area (Å²) in [6.07, 6.45) is 1.000. The summed E-state index contributed by atoms with van der Waals surface area (Å²) in [4.78, 5) is 37.8. The molecule has 0 saturated carbocycles. The maximum atomic E-state index is 12.9. The SMILES string of the molecule is CN[C@@H](C)C(=O)N[C@H](C(=O)N1CCN(S(C)(=O)=O)C[C@H]1C(=O)O)C(C)C. The smallest absolute Gasteiger partial charge is 0.327 e. The molecule has 11 heteroatoms. The molecule has 0 aromatic carbocycles. The molecule has 3 N–H and O–H groups in total. The number of amides is 2. The third-order valence-corrected chi connectivity index (χ3v) is 5.71. The fraction of sp³-hybridized carbons (Fsp3) is 0.800. The number of nitrogens with one attached hydrogen (secondary N) is 2. The van der Waals surface area contributed by atoms with E-state index in [1.807, 2.05) is 0 Å². The Morgan fingerprint density at radius 2 is 1.73 bits per heavy atom. The molecular weight excluding hydrogens is 364 g/mol. The molecular formula is C15H28N4O6S. The van der Waals surface area contributed by atoms with Gasteiger partial charge in [-0.15, -0.1) is 0 Å². The number of carbonyl (C=O) groups is 3. The Balaban J connectivity index is 3.02. The van der Waals surface area contributed by atoms with E-state index in [1.54, 1.807) is 27.8 Å². The Morgan fingerprint density at radius 1 is 1.15 bits per heavy atom. The highest BCUT2D eigenvalue weighted by atomic mass is 32.2. The van der Waals surface area contributed by atoms with E-state index >= 15 is 0 Å². The number of piperazine rings is 1. The first-order valence-corrected chi connectivity index (χ1v) is 10.2. The first-order chi connectivity index (χ1) is 11.9. The maximum absolute atomic E-state index is 12.9. The molecule has 1 aliphatic rings. The van der Waals surface area contributed by atoms with Crippen LogP contribution in [0.2, 0.25) is 0 Å². The van der Waals surface area contributed by atoms with E-state index in [1.165, 1.54) is 0 Å². The Morgan fingerprint density at radius 3 is 2.15 bits per heavy atom. The van der Waals surface area contributed by atoms with E-state index < -0.39 is 40.0 Å². The molecule has 2 amide bonds. The highest BCUT2D eigenvalue weighted by Crippen LogP contribution is 2.17. The fourth-order valence-electron chi connectivity index (χ4n) is 2.64. The molecule has 0 spiro atoms. The zero-order valence-electron chi connectivity index (χ0n) is 15.7. The highest BCUT2D eigenvalue weighted by Gasteiger charge is 2.41. The van der Waals surface area contributed by atoms with Crippen LogP contribution in [0.1, 0.15) is 20.8 Å². The van der Waals surface area contributed by atoms with Crippen molar-refractivity contribution in [2.45, 2.75) is 38.9 Å². The second kappa shape index (κ2) is 8.78. The van der Waals surface area contributed by atoms with Crippen LogP contribution in [0.25, 0.3) is 0 Å². The molecule has 10 nitrogen and oxygen atoms in total. The van der Waals surface area contributed by atoms with Crippen molar-refractivity contribution in [3.05, 3.63) is 0 Å². The predicted octanol–water partition coefficient (Wildman–Crippen LogP) is -1.71. The molecule has 1 aliphatic heterocycles. The van der Waals surface area contributed by atoms with Gasteiger partial charge in [-0.2, -0.15) is 4.31 Å². The van der Waals surface area contributed by atoms with Crippen molar-refractivity contribution in [3.8, 4) is 0 Å². The number of carboxylic acids is 1. The lowest BCUT2D eigenvalue weighted by Crippen LogP contribution is -2.63. The zero-order valence-corrected chi connectivity index (χ0v) is 16.5. The van der Waals surface area contributed by atoms with E-state index in [2.05, 4.69) is 10.6 Å². The Kier molecular flexibility index (Phi) is 7.54. The second-order valence-electron chi connectivity index (χ2n) is 6.75. The Bertz CT molecular complexity index is 651. The Labute approximate surface area is 154 Å². The molecule has 1 rings (SSSR count). The summed E-state index contributed by atoms with van der Waals surface area (Å²) in [5.41, 5.74) is 0. The second-order valence-corrected chi connectivity index (χ2v) is 8.73. The first kappa shape index (κ1) is 22.3. The molecule has 26 heavy (non-hydrogen) atoms. The summed E-state index contributed by atoms with van der Waals surface area (Å²) in [7, 11) is -1.95. The first-order valence-electron chi connectivity index (χ1n) is 8.36. The molecule has 0 bridgehead atoms. The topological polar surface area (TPSA) is 136 Å². The summed E-state index contributed by atoms with van der Waals surface area (Å²) in [6.45, 7) is 4.78. The van der Waals surface area contributed by atoms with E-state index in [4.69, 9.17) is 0 Å². The number of likely N-dealkylation sites (N-methyl/N-ethyl adjacent to an activating group) is 1. The van der Waals surface area contributed by atoms with Crippen molar-refractivity contribution < 1.29 is 27.9 Å². The van der Waals surface area contributed by atoms with Crippen molar-refractivity contribution in [1.82, 2.24) is 19.8 Å². The van der Waals surface area contributed by atoms with Gasteiger partial charge in [-0.1, -0.05) is 13.8 Å². The summed E-state index contributed by atoms with van der Waals surface area (Å²) in [6, 6.07) is -2.71. The predicted molar refractivity (Wildman–Crippen MR) is 94.8 cm³/mol.